The second-order valence-electron chi connectivity index (χ2n) is 4.95. The van der Waals surface area contributed by atoms with Crippen LogP contribution < -0.4 is 0 Å². The van der Waals surface area contributed by atoms with E-state index in [9.17, 15) is 0 Å². The number of fused-ring (bicyclic) bond motifs is 1. The molecule has 0 aliphatic rings. The molecular formula is C12H16N2. The largest absolute Gasteiger partial charge is 0.360 e. The number of aromatic amines is 1. The zero-order chi connectivity index (χ0) is 10.2. The number of nitrogens with zero attached hydrogens (tertiary/aromatic N) is 1. The van der Waals surface area contributed by atoms with Gasteiger partial charge in [0.25, 0.3) is 0 Å². The maximum absolute atomic E-state index is 4.30. The van der Waals surface area contributed by atoms with Crippen LogP contribution in [0.25, 0.3) is 11.0 Å². The zero-order valence-corrected chi connectivity index (χ0v) is 8.96. The predicted octanol–water partition coefficient (Wildman–Crippen LogP) is 3.15. The fourth-order valence-electron chi connectivity index (χ4n) is 1.74. The quantitative estimate of drug-likeness (QED) is 0.731. The van der Waals surface area contributed by atoms with Gasteiger partial charge in [-0.15, -0.1) is 0 Å². The van der Waals surface area contributed by atoms with Crippen LogP contribution in [0.1, 0.15) is 26.3 Å². The van der Waals surface area contributed by atoms with Gasteiger partial charge in [-0.2, -0.15) is 0 Å². The molecule has 2 aromatic rings. The minimum Gasteiger partial charge on any atom is -0.360 e. The Morgan fingerprint density at radius 2 is 2.07 bits per heavy atom. The molecule has 0 atom stereocenters. The van der Waals surface area contributed by atoms with Crippen molar-refractivity contribution in [2.24, 2.45) is 5.41 Å². The lowest BCUT2D eigenvalue weighted by Gasteiger charge is -2.18. The van der Waals surface area contributed by atoms with Crippen LogP contribution in [0.4, 0.5) is 0 Å². The highest BCUT2D eigenvalue weighted by Gasteiger charge is 2.13. The lowest BCUT2D eigenvalue weighted by molar-refractivity contribution is 0.412. The van der Waals surface area contributed by atoms with Gasteiger partial charge < -0.3 is 4.98 Å². The van der Waals surface area contributed by atoms with Crippen LogP contribution in [-0.2, 0) is 6.42 Å². The first-order valence-corrected chi connectivity index (χ1v) is 4.97. The Kier molecular flexibility index (Phi) is 2.06. The molecule has 14 heavy (non-hydrogen) atoms. The summed E-state index contributed by atoms with van der Waals surface area (Å²) in [6.45, 7) is 6.76. The maximum atomic E-state index is 4.30. The summed E-state index contributed by atoms with van der Waals surface area (Å²) in [6.07, 6.45) is 4.91. The first-order chi connectivity index (χ1) is 6.56. The lowest BCUT2D eigenvalue weighted by Crippen LogP contribution is -2.09. The van der Waals surface area contributed by atoms with Crippen LogP contribution in [0.5, 0.6) is 0 Å². The number of rotatable bonds is 1. The van der Waals surface area contributed by atoms with Gasteiger partial charge in [-0.05, 0) is 29.5 Å². The summed E-state index contributed by atoms with van der Waals surface area (Å²) in [5.74, 6) is 0. The van der Waals surface area contributed by atoms with Crippen molar-refractivity contribution in [2.45, 2.75) is 27.2 Å². The first kappa shape index (κ1) is 9.25. The fourth-order valence-corrected chi connectivity index (χ4v) is 1.74. The molecule has 2 nitrogen and oxygen atoms in total. The standard InChI is InChI=1S/C12H16N2/c1-12(2,3)8-9-4-6-13-10-5-7-14-11(9)10/h4-7,14H,8H2,1-3H3. The van der Waals surface area contributed by atoms with E-state index in [1.807, 2.05) is 18.5 Å². The van der Waals surface area contributed by atoms with Crippen molar-refractivity contribution < 1.29 is 0 Å². The zero-order valence-electron chi connectivity index (χ0n) is 8.96. The van der Waals surface area contributed by atoms with Crippen LogP contribution in [0, 0.1) is 5.41 Å². The number of nitrogens with one attached hydrogen (secondary N) is 1. The van der Waals surface area contributed by atoms with E-state index < -0.39 is 0 Å². The molecule has 0 spiro atoms. The molecule has 0 radical (unpaired) electrons. The van der Waals surface area contributed by atoms with Crippen molar-refractivity contribution >= 4 is 11.0 Å². The number of H-pyrrole nitrogens is 1. The molecule has 0 amide bonds. The molecule has 1 N–H and O–H groups in total. The van der Waals surface area contributed by atoms with Gasteiger partial charge in [0, 0.05) is 12.4 Å². The molecule has 2 heterocycles. The summed E-state index contributed by atoms with van der Waals surface area (Å²) in [5, 5.41) is 0. The molecule has 74 valence electrons. The average Bonchev–Trinajstić information content (AvgIpc) is 2.49. The smallest absolute Gasteiger partial charge is 0.0881 e. The van der Waals surface area contributed by atoms with E-state index in [1.165, 1.54) is 11.1 Å². The highest BCUT2D eigenvalue weighted by Crippen LogP contribution is 2.24. The molecule has 0 unspecified atom stereocenters. The van der Waals surface area contributed by atoms with E-state index in [0.29, 0.717) is 5.41 Å². The third-order valence-electron chi connectivity index (χ3n) is 2.26. The van der Waals surface area contributed by atoms with E-state index in [0.717, 1.165) is 11.9 Å². The van der Waals surface area contributed by atoms with Gasteiger partial charge >= 0.3 is 0 Å². The van der Waals surface area contributed by atoms with E-state index in [2.05, 4.69) is 36.8 Å². The second-order valence-corrected chi connectivity index (χ2v) is 4.95. The summed E-state index contributed by atoms with van der Waals surface area (Å²) in [4.78, 5) is 7.55. The third kappa shape index (κ3) is 1.79. The SMILES string of the molecule is CC(C)(C)Cc1ccnc2cc[nH]c12. The highest BCUT2D eigenvalue weighted by molar-refractivity contribution is 5.78. The van der Waals surface area contributed by atoms with Gasteiger partial charge in [0.1, 0.15) is 0 Å². The van der Waals surface area contributed by atoms with Gasteiger partial charge in [0.05, 0.1) is 11.0 Å². The molecule has 0 bridgehead atoms. The summed E-state index contributed by atoms with van der Waals surface area (Å²) in [7, 11) is 0. The Bertz CT molecular complexity index is 435. The maximum Gasteiger partial charge on any atom is 0.0881 e. The third-order valence-corrected chi connectivity index (χ3v) is 2.26. The van der Waals surface area contributed by atoms with Crippen LogP contribution in [-0.4, -0.2) is 9.97 Å². The van der Waals surface area contributed by atoms with Crippen LogP contribution in [0.2, 0.25) is 0 Å². The Labute approximate surface area is 84.4 Å². The Hall–Kier alpha value is -1.31. The van der Waals surface area contributed by atoms with Crippen molar-refractivity contribution in [1.29, 1.82) is 0 Å². The molecule has 0 saturated carbocycles. The highest BCUT2D eigenvalue weighted by atomic mass is 14.8. The lowest BCUT2D eigenvalue weighted by atomic mass is 9.88. The number of pyridine rings is 1. The van der Waals surface area contributed by atoms with Gasteiger partial charge in [-0.25, -0.2) is 0 Å². The summed E-state index contributed by atoms with van der Waals surface area (Å²) in [5.41, 5.74) is 3.92. The molecule has 2 rings (SSSR count). The molecule has 0 aromatic carbocycles. The summed E-state index contributed by atoms with van der Waals surface area (Å²) >= 11 is 0. The minimum atomic E-state index is 0.319. The Morgan fingerprint density at radius 3 is 2.79 bits per heavy atom. The van der Waals surface area contributed by atoms with Gasteiger partial charge in [-0.1, -0.05) is 20.8 Å². The molecular weight excluding hydrogens is 172 g/mol. The van der Waals surface area contributed by atoms with Crippen molar-refractivity contribution in [3.05, 3.63) is 30.1 Å². The molecule has 2 heteroatoms. The topological polar surface area (TPSA) is 28.7 Å². The molecule has 2 aromatic heterocycles. The van der Waals surface area contributed by atoms with Crippen LogP contribution >= 0.6 is 0 Å². The van der Waals surface area contributed by atoms with Crippen molar-refractivity contribution in [1.82, 2.24) is 9.97 Å². The molecule has 0 fully saturated rings. The molecule has 0 saturated heterocycles. The monoisotopic (exact) mass is 188 g/mol. The second kappa shape index (κ2) is 3.12. The summed E-state index contributed by atoms with van der Waals surface area (Å²) in [6, 6.07) is 4.12. The van der Waals surface area contributed by atoms with E-state index in [4.69, 9.17) is 0 Å². The molecule has 0 aliphatic heterocycles. The van der Waals surface area contributed by atoms with Crippen molar-refractivity contribution in [3.63, 3.8) is 0 Å². The minimum absolute atomic E-state index is 0.319. The van der Waals surface area contributed by atoms with Gasteiger partial charge in [-0.3, -0.25) is 4.98 Å². The normalized spacial score (nSPS) is 12.2. The van der Waals surface area contributed by atoms with E-state index >= 15 is 0 Å². The van der Waals surface area contributed by atoms with Gasteiger partial charge in [0.2, 0.25) is 0 Å². The van der Waals surface area contributed by atoms with Crippen LogP contribution in [0.3, 0.4) is 0 Å². The molecule has 0 aliphatic carbocycles. The number of aromatic nitrogens is 2. The first-order valence-electron chi connectivity index (χ1n) is 4.97. The van der Waals surface area contributed by atoms with E-state index in [-0.39, 0.29) is 0 Å². The van der Waals surface area contributed by atoms with Crippen molar-refractivity contribution in [3.8, 4) is 0 Å². The number of hydrogen-bond acceptors (Lipinski definition) is 1. The van der Waals surface area contributed by atoms with E-state index in [1.54, 1.807) is 0 Å². The average molecular weight is 188 g/mol. The fraction of sp³-hybridized carbons (Fsp3) is 0.417. The van der Waals surface area contributed by atoms with Gasteiger partial charge in [0.15, 0.2) is 0 Å². The predicted molar refractivity (Wildman–Crippen MR) is 59.3 cm³/mol. The summed E-state index contributed by atoms with van der Waals surface area (Å²) < 4.78 is 0. The Morgan fingerprint density at radius 1 is 1.29 bits per heavy atom. The van der Waals surface area contributed by atoms with Crippen molar-refractivity contribution in [2.75, 3.05) is 0 Å². The Balaban J connectivity index is 2.46. The number of hydrogen-bond donors (Lipinski definition) is 1. The van der Waals surface area contributed by atoms with Crippen LogP contribution in [0.15, 0.2) is 24.5 Å².